The lowest BCUT2D eigenvalue weighted by Gasteiger charge is -2.21. The quantitative estimate of drug-likeness (QED) is 0.497. The second-order valence-electron chi connectivity index (χ2n) is 5.57. The Hall–Kier alpha value is -3.25. The third kappa shape index (κ3) is 4.48. The summed E-state index contributed by atoms with van der Waals surface area (Å²) in [7, 11) is 0. The normalized spacial score (nSPS) is 10.4. The maximum Gasteiger partial charge on any atom is 0.414 e. The number of halogens is 1. The SMILES string of the molecule is O=C(COc1ccccc1)OCN(C(=O)O)c1ccc(Cl)c2ccccc12. The van der Waals surface area contributed by atoms with E-state index >= 15 is 0 Å². The second-order valence-corrected chi connectivity index (χ2v) is 5.98. The van der Waals surface area contributed by atoms with Crippen LogP contribution in [0.15, 0.2) is 66.7 Å². The van der Waals surface area contributed by atoms with Crippen LogP contribution in [-0.4, -0.2) is 30.5 Å². The van der Waals surface area contributed by atoms with E-state index in [1.54, 1.807) is 54.6 Å². The van der Waals surface area contributed by atoms with E-state index in [2.05, 4.69) is 0 Å². The van der Waals surface area contributed by atoms with Crippen LogP contribution in [0.5, 0.6) is 5.75 Å². The number of hydrogen-bond acceptors (Lipinski definition) is 4. The van der Waals surface area contributed by atoms with E-state index in [0.29, 0.717) is 27.2 Å². The molecule has 0 atom stereocenters. The number of carbonyl (C=O) groups excluding carboxylic acids is 1. The van der Waals surface area contributed by atoms with Gasteiger partial charge >= 0.3 is 12.1 Å². The van der Waals surface area contributed by atoms with Gasteiger partial charge in [0.25, 0.3) is 0 Å². The number of nitrogens with zero attached hydrogens (tertiary/aromatic N) is 1. The number of hydrogen-bond donors (Lipinski definition) is 1. The minimum absolute atomic E-state index is 0.321. The molecule has 0 aromatic heterocycles. The zero-order valence-corrected chi connectivity index (χ0v) is 14.9. The summed E-state index contributed by atoms with van der Waals surface area (Å²) >= 11 is 6.17. The summed E-state index contributed by atoms with van der Waals surface area (Å²) in [5.41, 5.74) is 0.374. The van der Waals surface area contributed by atoms with Gasteiger partial charge in [-0.3, -0.25) is 0 Å². The highest BCUT2D eigenvalue weighted by atomic mass is 35.5. The molecule has 0 radical (unpaired) electrons. The molecule has 7 heteroatoms. The highest BCUT2D eigenvalue weighted by Crippen LogP contribution is 2.32. The molecule has 1 N–H and O–H groups in total. The molecule has 0 unspecified atom stereocenters. The van der Waals surface area contributed by atoms with E-state index in [-0.39, 0.29) is 6.61 Å². The molecule has 0 bridgehead atoms. The molecule has 138 valence electrons. The summed E-state index contributed by atoms with van der Waals surface area (Å²) in [5, 5.41) is 11.4. The summed E-state index contributed by atoms with van der Waals surface area (Å²) in [6.07, 6.45) is -1.25. The fraction of sp³-hybridized carbons (Fsp3) is 0.100. The molecule has 27 heavy (non-hydrogen) atoms. The molecule has 0 heterocycles. The Kier molecular flexibility index (Phi) is 5.78. The second kappa shape index (κ2) is 8.42. The van der Waals surface area contributed by atoms with Crippen LogP contribution in [0.2, 0.25) is 5.02 Å². The molecule has 3 rings (SSSR count). The van der Waals surface area contributed by atoms with Crippen LogP contribution in [0, 0.1) is 0 Å². The lowest BCUT2D eigenvalue weighted by molar-refractivity contribution is -0.145. The molecular formula is C20H16ClNO5. The largest absolute Gasteiger partial charge is 0.482 e. The number of rotatable bonds is 6. The molecule has 0 fully saturated rings. The average Bonchev–Trinajstić information content (AvgIpc) is 2.69. The van der Waals surface area contributed by atoms with Crippen LogP contribution < -0.4 is 9.64 Å². The Bertz CT molecular complexity index is 961. The minimum Gasteiger partial charge on any atom is -0.482 e. The first kappa shape index (κ1) is 18.5. The molecule has 0 saturated carbocycles. The molecular weight excluding hydrogens is 370 g/mol. The first-order valence-electron chi connectivity index (χ1n) is 8.07. The molecule has 1 amide bonds. The first-order valence-corrected chi connectivity index (χ1v) is 8.45. The topological polar surface area (TPSA) is 76.1 Å². The van der Waals surface area contributed by atoms with E-state index < -0.39 is 18.8 Å². The number of carbonyl (C=O) groups is 2. The van der Waals surface area contributed by atoms with Crippen LogP contribution in [0.3, 0.4) is 0 Å². The summed E-state index contributed by atoms with van der Waals surface area (Å²) in [6, 6.07) is 19.1. The van der Waals surface area contributed by atoms with Gasteiger partial charge < -0.3 is 14.6 Å². The number of carboxylic acid groups (broad SMARTS) is 1. The van der Waals surface area contributed by atoms with E-state index in [1.165, 1.54) is 0 Å². The van der Waals surface area contributed by atoms with Crippen LogP contribution in [0.4, 0.5) is 10.5 Å². The molecule has 6 nitrogen and oxygen atoms in total. The van der Waals surface area contributed by atoms with Crippen molar-refractivity contribution in [1.82, 2.24) is 0 Å². The predicted octanol–water partition coefficient (Wildman–Crippen LogP) is 4.56. The number of anilines is 1. The van der Waals surface area contributed by atoms with Gasteiger partial charge in [0.1, 0.15) is 5.75 Å². The van der Waals surface area contributed by atoms with Gasteiger partial charge in [0.2, 0.25) is 0 Å². The molecule has 3 aromatic carbocycles. The summed E-state index contributed by atoms with van der Waals surface area (Å²) < 4.78 is 10.4. The third-order valence-corrected chi connectivity index (χ3v) is 4.15. The highest BCUT2D eigenvalue weighted by molar-refractivity contribution is 6.36. The third-order valence-electron chi connectivity index (χ3n) is 3.82. The van der Waals surface area contributed by atoms with E-state index in [4.69, 9.17) is 21.1 Å². The Balaban J connectivity index is 1.71. The van der Waals surface area contributed by atoms with Crippen molar-refractivity contribution in [1.29, 1.82) is 0 Å². The maximum atomic E-state index is 11.9. The number of ether oxygens (including phenoxy) is 2. The van der Waals surface area contributed by atoms with Gasteiger partial charge in [0.15, 0.2) is 13.3 Å². The Morgan fingerprint density at radius 3 is 2.30 bits per heavy atom. The minimum atomic E-state index is -1.25. The highest BCUT2D eigenvalue weighted by Gasteiger charge is 2.19. The molecule has 3 aromatic rings. The van der Waals surface area contributed by atoms with Crippen molar-refractivity contribution in [3.8, 4) is 5.75 Å². The fourth-order valence-corrected chi connectivity index (χ4v) is 2.77. The van der Waals surface area contributed by atoms with Gasteiger partial charge in [0.05, 0.1) is 5.69 Å². The van der Waals surface area contributed by atoms with E-state index in [9.17, 15) is 14.7 Å². The van der Waals surface area contributed by atoms with Crippen LogP contribution >= 0.6 is 11.6 Å². The zero-order valence-electron chi connectivity index (χ0n) is 14.2. The first-order chi connectivity index (χ1) is 13.1. The summed E-state index contributed by atoms with van der Waals surface area (Å²) in [4.78, 5) is 24.5. The van der Waals surface area contributed by atoms with Gasteiger partial charge in [-0.2, -0.15) is 0 Å². The van der Waals surface area contributed by atoms with Gasteiger partial charge in [-0.25, -0.2) is 14.5 Å². The zero-order chi connectivity index (χ0) is 19.2. The van der Waals surface area contributed by atoms with Crippen LogP contribution in [0.1, 0.15) is 0 Å². The van der Waals surface area contributed by atoms with Crippen molar-refractivity contribution in [3.05, 3.63) is 71.8 Å². The van der Waals surface area contributed by atoms with E-state index in [1.807, 2.05) is 12.1 Å². The molecule has 0 aliphatic rings. The number of amides is 1. The van der Waals surface area contributed by atoms with Gasteiger partial charge in [-0.15, -0.1) is 0 Å². The Morgan fingerprint density at radius 1 is 0.926 bits per heavy atom. The van der Waals surface area contributed by atoms with Crippen molar-refractivity contribution in [2.75, 3.05) is 18.2 Å². The van der Waals surface area contributed by atoms with Crippen molar-refractivity contribution in [2.45, 2.75) is 0 Å². The van der Waals surface area contributed by atoms with Crippen LogP contribution in [-0.2, 0) is 9.53 Å². The van der Waals surface area contributed by atoms with Gasteiger partial charge in [0, 0.05) is 15.8 Å². The lowest BCUT2D eigenvalue weighted by Crippen LogP contribution is -2.34. The lowest BCUT2D eigenvalue weighted by atomic mass is 10.1. The van der Waals surface area contributed by atoms with Crippen molar-refractivity contribution in [3.63, 3.8) is 0 Å². The van der Waals surface area contributed by atoms with Crippen LogP contribution in [0.25, 0.3) is 10.8 Å². The van der Waals surface area contributed by atoms with E-state index in [0.717, 1.165) is 4.90 Å². The van der Waals surface area contributed by atoms with Crippen molar-refractivity contribution >= 4 is 40.1 Å². The predicted molar refractivity (Wildman–Crippen MR) is 102 cm³/mol. The summed E-state index contributed by atoms with van der Waals surface area (Å²) in [6.45, 7) is -0.781. The standard InChI is InChI=1S/C20H16ClNO5/c21-17-10-11-18(16-9-5-4-8-15(16)17)22(20(24)25)13-27-19(23)12-26-14-6-2-1-3-7-14/h1-11H,12-13H2,(H,24,25). The van der Waals surface area contributed by atoms with Crippen molar-refractivity contribution < 1.29 is 24.2 Å². The number of fused-ring (bicyclic) bond motifs is 1. The molecule has 0 aliphatic carbocycles. The Labute approximate surface area is 160 Å². The number of benzene rings is 3. The molecule has 0 saturated heterocycles. The monoisotopic (exact) mass is 385 g/mol. The molecule has 0 spiro atoms. The van der Waals surface area contributed by atoms with Crippen molar-refractivity contribution in [2.24, 2.45) is 0 Å². The Morgan fingerprint density at radius 2 is 1.59 bits per heavy atom. The summed E-state index contributed by atoms with van der Waals surface area (Å²) in [5.74, 6) is -0.156. The smallest absolute Gasteiger partial charge is 0.414 e. The fourth-order valence-electron chi connectivity index (χ4n) is 2.55. The van der Waals surface area contributed by atoms with Gasteiger partial charge in [-0.05, 0) is 24.3 Å². The number of esters is 1. The average molecular weight is 386 g/mol. The maximum absolute atomic E-state index is 11.9. The number of para-hydroxylation sites is 1. The van der Waals surface area contributed by atoms with Gasteiger partial charge in [-0.1, -0.05) is 54.1 Å². The molecule has 0 aliphatic heterocycles.